The molecule has 0 heterocycles. The largest absolute Gasteiger partial charge is 0.398 e. The molecule has 0 aliphatic heterocycles. The van der Waals surface area contributed by atoms with Crippen LogP contribution < -0.4 is 10.6 Å². The number of hydrogen-bond acceptors (Lipinski definition) is 2. The number of carbonyl (C=O) groups is 1. The number of carbonyl (C=O) groups excluding carboxylic acids is 1. The summed E-state index contributed by atoms with van der Waals surface area (Å²) in [7, 11) is 1.53. The lowest BCUT2D eigenvalue weighted by molar-refractivity contribution is 0.0992. The van der Waals surface area contributed by atoms with Crippen LogP contribution in [0.4, 0.5) is 15.8 Å². The second-order valence-corrected chi connectivity index (χ2v) is 4.35. The van der Waals surface area contributed by atoms with Gasteiger partial charge in [0.1, 0.15) is 5.82 Å². The molecule has 0 radical (unpaired) electrons. The zero-order valence-electron chi connectivity index (χ0n) is 10.9. The van der Waals surface area contributed by atoms with Gasteiger partial charge in [-0.25, -0.2) is 4.39 Å². The van der Waals surface area contributed by atoms with E-state index < -0.39 is 5.82 Å². The van der Waals surface area contributed by atoms with Gasteiger partial charge in [-0.05, 0) is 30.7 Å². The van der Waals surface area contributed by atoms with E-state index in [1.54, 1.807) is 43.3 Å². The third kappa shape index (κ3) is 2.42. The van der Waals surface area contributed by atoms with Crippen LogP contribution in [0.3, 0.4) is 0 Å². The highest BCUT2D eigenvalue weighted by molar-refractivity contribution is 6.10. The number of amides is 1. The molecule has 0 aliphatic rings. The molecule has 0 saturated carbocycles. The Morgan fingerprint density at radius 1 is 1.16 bits per heavy atom. The Morgan fingerprint density at radius 2 is 1.84 bits per heavy atom. The minimum Gasteiger partial charge on any atom is -0.398 e. The van der Waals surface area contributed by atoms with E-state index in [9.17, 15) is 9.18 Å². The quantitative estimate of drug-likeness (QED) is 0.842. The smallest absolute Gasteiger partial charge is 0.260 e. The molecule has 0 aromatic heterocycles. The number of anilines is 2. The highest BCUT2D eigenvalue weighted by atomic mass is 19.1. The van der Waals surface area contributed by atoms with Gasteiger partial charge in [-0.3, -0.25) is 4.79 Å². The van der Waals surface area contributed by atoms with E-state index in [-0.39, 0.29) is 11.6 Å². The van der Waals surface area contributed by atoms with Crippen molar-refractivity contribution < 1.29 is 9.18 Å². The highest BCUT2D eigenvalue weighted by Crippen LogP contribution is 2.23. The number of halogens is 1. The third-order valence-electron chi connectivity index (χ3n) is 3.04. The fraction of sp³-hybridized carbons (Fsp3) is 0.133. The zero-order valence-corrected chi connectivity index (χ0v) is 10.9. The van der Waals surface area contributed by atoms with Crippen LogP contribution in [-0.4, -0.2) is 13.0 Å². The Morgan fingerprint density at radius 3 is 2.47 bits per heavy atom. The summed E-state index contributed by atoms with van der Waals surface area (Å²) in [5.74, 6) is -0.758. The first kappa shape index (κ1) is 13.1. The van der Waals surface area contributed by atoms with Crippen LogP contribution in [0.1, 0.15) is 15.9 Å². The zero-order chi connectivity index (χ0) is 14.0. The summed E-state index contributed by atoms with van der Waals surface area (Å²) >= 11 is 0. The molecule has 0 spiro atoms. The first-order valence-electron chi connectivity index (χ1n) is 5.90. The Kier molecular flexibility index (Phi) is 3.51. The number of hydrogen-bond donors (Lipinski definition) is 1. The van der Waals surface area contributed by atoms with E-state index in [0.29, 0.717) is 11.3 Å². The van der Waals surface area contributed by atoms with Crippen molar-refractivity contribution in [2.75, 3.05) is 17.7 Å². The standard InChI is InChI=1S/C15H15FN2O/c1-10-6-5-8-12(17)14(10)15(19)18(2)13-9-4-3-7-11(13)16/h3-9H,17H2,1-2H3. The molecular formula is C15H15FN2O. The van der Waals surface area contributed by atoms with Crippen molar-refractivity contribution in [1.82, 2.24) is 0 Å². The lowest BCUT2D eigenvalue weighted by atomic mass is 10.1. The maximum atomic E-state index is 13.7. The van der Waals surface area contributed by atoms with Gasteiger partial charge < -0.3 is 10.6 Å². The average Bonchev–Trinajstić information content (AvgIpc) is 2.38. The Hall–Kier alpha value is -2.36. The molecule has 19 heavy (non-hydrogen) atoms. The fourth-order valence-corrected chi connectivity index (χ4v) is 1.98. The predicted octanol–water partition coefficient (Wildman–Crippen LogP) is 2.99. The van der Waals surface area contributed by atoms with E-state index in [0.717, 1.165) is 5.56 Å². The van der Waals surface area contributed by atoms with Crippen molar-refractivity contribution in [2.24, 2.45) is 0 Å². The molecule has 0 aliphatic carbocycles. The lowest BCUT2D eigenvalue weighted by Gasteiger charge is -2.20. The number of benzene rings is 2. The number of nitrogen functional groups attached to an aromatic ring is 1. The summed E-state index contributed by atoms with van der Waals surface area (Å²) in [5.41, 5.74) is 7.64. The molecule has 2 aromatic carbocycles. The van der Waals surface area contributed by atoms with Gasteiger partial charge >= 0.3 is 0 Å². The minimum absolute atomic E-state index is 0.232. The lowest BCUT2D eigenvalue weighted by Crippen LogP contribution is -2.28. The van der Waals surface area contributed by atoms with Crippen molar-refractivity contribution in [1.29, 1.82) is 0 Å². The van der Waals surface area contributed by atoms with E-state index >= 15 is 0 Å². The van der Waals surface area contributed by atoms with Crippen LogP contribution in [0.15, 0.2) is 42.5 Å². The maximum Gasteiger partial charge on any atom is 0.260 e. The number of nitrogens with zero attached hydrogens (tertiary/aromatic N) is 1. The monoisotopic (exact) mass is 258 g/mol. The van der Waals surface area contributed by atoms with Gasteiger partial charge in [0.25, 0.3) is 5.91 Å². The third-order valence-corrected chi connectivity index (χ3v) is 3.04. The Bertz CT molecular complexity index is 605. The van der Waals surface area contributed by atoms with Gasteiger partial charge in [0, 0.05) is 12.7 Å². The molecule has 2 N–H and O–H groups in total. The van der Waals surface area contributed by atoms with Crippen LogP contribution in [0.25, 0.3) is 0 Å². The van der Waals surface area contributed by atoms with Gasteiger partial charge in [-0.1, -0.05) is 24.3 Å². The van der Waals surface area contributed by atoms with Crippen molar-refractivity contribution in [3.63, 3.8) is 0 Å². The second-order valence-electron chi connectivity index (χ2n) is 4.35. The molecule has 4 heteroatoms. The number of para-hydroxylation sites is 1. The molecule has 0 fully saturated rings. The summed E-state index contributed by atoms with van der Waals surface area (Å²) in [6.45, 7) is 1.80. The molecule has 1 amide bonds. The minimum atomic E-state index is -0.439. The first-order chi connectivity index (χ1) is 9.02. The first-order valence-corrected chi connectivity index (χ1v) is 5.90. The van der Waals surface area contributed by atoms with Crippen molar-refractivity contribution in [3.8, 4) is 0 Å². The van der Waals surface area contributed by atoms with E-state index in [2.05, 4.69) is 0 Å². The molecule has 0 unspecified atom stereocenters. The summed E-state index contributed by atoms with van der Waals surface area (Å²) in [6.07, 6.45) is 0. The number of aryl methyl sites for hydroxylation is 1. The van der Waals surface area contributed by atoms with Crippen LogP contribution in [0, 0.1) is 12.7 Å². The van der Waals surface area contributed by atoms with Crippen LogP contribution in [0.5, 0.6) is 0 Å². The van der Waals surface area contributed by atoms with E-state index in [1.807, 2.05) is 0 Å². The second kappa shape index (κ2) is 5.10. The predicted molar refractivity (Wildman–Crippen MR) is 74.7 cm³/mol. The van der Waals surface area contributed by atoms with Gasteiger partial charge in [0.2, 0.25) is 0 Å². The Labute approximate surface area is 111 Å². The molecular weight excluding hydrogens is 243 g/mol. The normalized spacial score (nSPS) is 10.3. The topological polar surface area (TPSA) is 46.3 Å². The molecule has 0 saturated heterocycles. The van der Waals surface area contributed by atoms with Gasteiger partial charge in [0.15, 0.2) is 0 Å². The fourth-order valence-electron chi connectivity index (χ4n) is 1.98. The average molecular weight is 258 g/mol. The van der Waals surface area contributed by atoms with E-state index in [1.165, 1.54) is 18.0 Å². The number of nitrogens with two attached hydrogens (primary N) is 1. The van der Waals surface area contributed by atoms with Crippen LogP contribution >= 0.6 is 0 Å². The van der Waals surface area contributed by atoms with Crippen LogP contribution in [0.2, 0.25) is 0 Å². The van der Waals surface area contributed by atoms with Crippen molar-refractivity contribution in [3.05, 3.63) is 59.4 Å². The highest BCUT2D eigenvalue weighted by Gasteiger charge is 2.19. The van der Waals surface area contributed by atoms with Gasteiger partial charge in [-0.2, -0.15) is 0 Å². The summed E-state index contributed by atoms with van der Waals surface area (Å²) in [5, 5.41) is 0. The molecule has 98 valence electrons. The van der Waals surface area contributed by atoms with Gasteiger partial charge in [-0.15, -0.1) is 0 Å². The van der Waals surface area contributed by atoms with Crippen LogP contribution in [-0.2, 0) is 0 Å². The summed E-state index contributed by atoms with van der Waals surface area (Å²) in [4.78, 5) is 13.7. The molecule has 0 bridgehead atoms. The molecule has 2 aromatic rings. The maximum absolute atomic E-state index is 13.7. The van der Waals surface area contributed by atoms with E-state index in [4.69, 9.17) is 5.73 Å². The number of rotatable bonds is 2. The molecule has 0 atom stereocenters. The van der Waals surface area contributed by atoms with Gasteiger partial charge in [0.05, 0.1) is 11.3 Å². The summed E-state index contributed by atoms with van der Waals surface area (Å²) in [6, 6.07) is 11.4. The van der Waals surface area contributed by atoms with Crippen molar-refractivity contribution >= 4 is 17.3 Å². The Balaban J connectivity index is 2.43. The summed E-state index contributed by atoms with van der Waals surface area (Å²) < 4.78 is 13.7. The van der Waals surface area contributed by atoms with Crippen molar-refractivity contribution in [2.45, 2.75) is 6.92 Å². The molecule has 2 rings (SSSR count). The molecule has 3 nitrogen and oxygen atoms in total. The SMILES string of the molecule is Cc1cccc(N)c1C(=O)N(C)c1ccccc1F.